The lowest BCUT2D eigenvalue weighted by atomic mass is 9.98. The molecular formula is C19H34IN5OS. The van der Waals surface area contributed by atoms with Crippen LogP contribution in [0, 0.1) is 5.92 Å². The van der Waals surface area contributed by atoms with Crippen LogP contribution in [0.2, 0.25) is 0 Å². The first kappa shape index (κ1) is 24.1. The van der Waals surface area contributed by atoms with Crippen LogP contribution in [0.5, 0.6) is 0 Å². The zero-order valence-electron chi connectivity index (χ0n) is 17.3. The van der Waals surface area contributed by atoms with Crippen LogP contribution < -0.4 is 10.6 Å². The number of amides is 1. The van der Waals surface area contributed by atoms with E-state index in [-0.39, 0.29) is 47.3 Å². The van der Waals surface area contributed by atoms with Crippen LogP contribution in [0.25, 0.3) is 0 Å². The molecule has 1 saturated heterocycles. The number of nitrogens with one attached hydrogen (secondary N) is 2. The summed E-state index contributed by atoms with van der Waals surface area (Å²) >= 11 is 1.70. The fourth-order valence-corrected chi connectivity index (χ4v) is 3.74. The summed E-state index contributed by atoms with van der Waals surface area (Å²) < 4.78 is 0. The van der Waals surface area contributed by atoms with Crippen molar-refractivity contribution in [2.45, 2.75) is 66.0 Å². The van der Waals surface area contributed by atoms with Gasteiger partial charge in [-0.05, 0) is 13.3 Å². The maximum Gasteiger partial charge on any atom is 0.225 e. The number of carbonyl (C=O) groups excluding carboxylic acids is 1. The van der Waals surface area contributed by atoms with E-state index < -0.39 is 0 Å². The fraction of sp³-hybridized carbons (Fsp3) is 0.737. The number of hydrogen-bond acceptors (Lipinski definition) is 4. The highest BCUT2D eigenvalue weighted by Crippen LogP contribution is 2.25. The van der Waals surface area contributed by atoms with Crippen molar-refractivity contribution in [1.29, 1.82) is 0 Å². The Morgan fingerprint density at radius 1 is 1.44 bits per heavy atom. The van der Waals surface area contributed by atoms with Crippen molar-refractivity contribution in [1.82, 2.24) is 20.5 Å². The van der Waals surface area contributed by atoms with Gasteiger partial charge in [0.15, 0.2) is 5.96 Å². The molecule has 1 aliphatic heterocycles. The van der Waals surface area contributed by atoms with Gasteiger partial charge >= 0.3 is 0 Å². The summed E-state index contributed by atoms with van der Waals surface area (Å²) in [5.74, 6) is 1.08. The SMILES string of the molecule is CCNC(=NCc1csc(C(C)(C)C)n1)NC1CCN(C(=O)C(C)C)C1.I. The van der Waals surface area contributed by atoms with Crippen molar-refractivity contribution < 1.29 is 4.79 Å². The molecule has 1 fully saturated rings. The van der Waals surface area contributed by atoms with Crippen LogP contribution in [0.4, 0.5) is 0 Å². The Bertz CT molecular complexity index is 638. The quantitative estimate of drug-likeness (QED) is 0.365. The molecule has 0 saturated carbocycles. The predicted molar refractivity (Wildman–Crippen MR) is 124 cm³/mol. The van der Waals surface area contributed by atoms with Gasteiger partial charge in [-0.3, -0.25) is 4.79 Å². The topological polar surface area (TPSA) is 69.6 Å². The minimum atomic E-state index is 0. The van der Waals surface area contributed by atoms with Gasteiger partial charge in [0, 0.05) is 42.4 Å². The number of aromatic nitrogens is 1. The van der Waals surface area contributed by atoms with Gasteiger partial charge in [0.25, 0.3) is 0 Å². The molecule has 154 valence electrons. The lowest BCUT2D eigenvalue weighted by molar-refractivity contribution is -0.133. The summed E-state index contributed by atoms with van der Waals surface area (Å²) in [6.45, 7) is 15.4. The number of likely N-dealkylation sites (tertiary alicyclic amines) is 1. The van der Waals surface area contributed by atoms with E-state index in [9.17, 15) is 4.79 Å². The lowest BCUT2D eigenvalue weighted by Gasteiger charge is -2.20. The molecule has 8 heteroatoms. The molecule has 2 N–H and O–H groups in total. The van der Waals surface area contributed by atoms with E-state index in [1.165, 1.54) is 0 Å². The first-order valence-corrected chi connectivity index (χ1v) is 10.4. The highest BCUT2D eigenvalue weighted by molar-refractivity contribution is 14.0. The average molecular weight is 507 g/mol. The van der Waals surface area contributed by atoms with Gasteiger partial charge < -0.3 is 15.5 Å². The summed E-state index contributed by atoms with van der Waals surface area (Å²) in [5, 5.41) is 9.99. The third kappa shape index (κ3) is 7.21. The summed E-state index contributed by atoms with van der Waals surface area (Å²) in [6.07, 6.45) is 0.952. The van der Waals surface area contributed by atoms with Crippen LogP contribution in [0.15, 0.2) is 10.4 Å². The average Bonchev–Trinajstić information content (AvgIpc) is 3.21. The van der Waals surface area contributed by atoms with E-state index in [1.807, 2.05) is 18.7 Å². The Balaban J connectivity index is 0.00000364. The van der Waals surface area contributed by atoms with E-state index in [2.05, 4.69) is 48.7 Å². The van der Waals surface area contributed by atoms with Crippen molar-refractivity contribution in [2.24, 2.45) is 10.9 Å². The second-order valence-electron chi connectivity index (χ2n) is 8.16. The van der Waals surface area contributed by atoms with Gasteiger partial charge in [-0.2, -0.15) is 0 Å². The number of carbonyl (C=O) groups is 1. The van der Waals surface area contributed by atoms with Crippen molar-refractivity contribution in [2.75, 3.05) is 19.6 Å². The number of aliphatic imine (C=N–C) groups is 1. The van der Waals surface area contributed by atoms with Crippen LogP contribution in [0.3, 0.4) is 0 Å². The Kier molecular flexibility index (Phi) is 9.47. The van der Waals surface area contributed by atoms with Gasteiger partial charge in [-0.15, -0.1) is 35.3 Å². The molecule has 27 heavy (non-hydrogen) atoms. The predicted octanol–water partition coefficient (Wildman–Crippen LogP) is 3.37. The largest absolute Gasteiger partial charge is 0.357 e. The summed E-state index contributed by atoms with van der Waals surface area (Å²) in [6, 6.07) is 0.246. The van der Waals surface area contributed by atoms with E-state index >= 15 is 0 Å². The van der Waals surface area contributed by atoms with Gasteiger partial charge in [-0.25, -0.2) is 9.98 Å². The molecule has 1 unspecified atom stereocenters. The smallest absolute Gasteiger partial charge is 0.225 e. The van der Waals surface area contributed by atoms with E-state index in [1.54, 1.807) is 11.3 Å². The highest BCUT2D eigenvalue weighted by atomic mass is 127. The summed E-state index contributed by atoms with van der Waals surface area (Å²) in [7, 11) is 0. The molecule has 1 aliphatic rings. The standard InChI is InChI=1S/C19H33N5OS.HI/c1-7-20-18(21-10-15-12-26-17(22-15)19(4,5)6)23-14-8-9-24(11-14)16(25)13(2)3;/h12-14H,7-11H2,1-6H3,(H2,20,21,23);1H. The molecular weight excluding hydrogens is 473 g/mol. The highest BCUT2D eigenvalue weighted by Gasteiger charge is 2.28. The van der Waals surface area contributed by atoms with Gasteiger partial charge in [0.05, 0.1) is 17.2 Å². The molecule has 1 aromatic rings. The molecule has 0 bridgehead atoms. The maximum absolute atomic E-state index is 12.1. The van der Waals surface area contributed by atoms with Crippen LogP contribution >= 0.6 is 35.3 Å². The second kappa shape index (κ2) is 10.6. The number of guanidine groups is 1. The molecule has 0 aromatic carbocycles. The first-order chi connectivity index (χ1) is 12.2. The number of thiazole rings is 1. The van der Waals surface area contributed by atoms with Crippen LogP contribution in [0.1, 0.15) is 58.7 Å². The summed E-state index contributed by atoms with van der Waals surface area (Å²) in [5.41, 5.74) is 1.08. The Morgan fingerprint density at radius 3 is 2.70 bits per heavy atom. The lowest BCUT2D eigenvalue weighted by Crippen LogP contribution is -2.45. The molecule has 0 spiro atoms. The Labute approximate surface area is 184 Å². The van der Waals surface area contributed by atoms with E-state index in [0.29, 0.717) is 6.54 Å². The fourth-order valence-electron chi connectivity index (χ4n) is 2.84. The normalized spacial score (nSPS) is 17.8. The molecule has 0 radical (unpaired) electrons. The zero-order valence-corrected chi connectivity index (χ0v) is 20.5. The van der Waals surface area contributed by atoms with Crippen molar-refractivity contribution in [3.8, 4) is 0 Å². The molecule has 1 amide bonds. The second-order valence-corrected chi connectivity index (χ2v) is 9.02. The summed E-state index contributed by atoms with van der Waals surface area (Å²) in [4.78, 5) is 23.5. The van der Waals surface area contributed by atoms with Gasteiger partial charge in [-0.1, -0.05) is 34.6 Å². The molecule has 2 rings (SSSR count). The molecule has 6 nitrogen and oxygen atoms in total. The van der Waals surface area contributed by atoms with Crippen molar-refractivity contribution >= 4 is 47.2 Å². The monoisotopic (exact) mass is 507 g/mol. The third-order valence-electron chi connectivity index (χ3n) is 4.27. The zero-order chi connectivity index (χ0) is 19.3. The minimum absolute atomic E-state index is 0. The van der Waals surface area contributed by atoms with Crippen molar-refractivity contribution in [3.05, 3.63) is 16.1 Å². The minimum Gasteiger partial charge on any atom is -0.357 e. The maximum atomic E-state index is 12.1. The Hall–Kier alpha value is -0.900. The van der Waals surface area contributed by atoms with Crippen LogP contribution in [-0.2, 0) is 16.8 Å². The Morgan fingerprint density at radius 2 is 2.15 bits per heavy atom. The molecule has 2 heterocycles. The number of halogens is 1. The first-order valence-electron chi connectivity index (χ1n) is 9.49. The number of nitrogens with zero attached hydrogens (tertiary/aromatic N) is 3. The molecule has 1 atom stereocenters. The molecule has 0 aliphatic carbocycles. The van der Waals surface area contributed by atoms with E-state index in [4.69, 9.17) is 4.98 Å². The number of rotatable bonds is 5. The number of hydrogen-bond donors (Lipinski definition) is 2. The van der Waals surface area contributed by atoms with Crippen molar-refractivity contribution in [3.63, 3.8) is 0 Å². The third-order valence-corrected chi connectivity index (χ3v) is 5.59. The van der Waals surface area contributed by atoms with Gasteiger partial charge in [0.1, 0.15) is 0 Å². The van der Waals surface area contributed by atoms with E-state index in [0.717, 1.165) is 42.7 Å². The van der Waals surface area contributed by atoms with Gasteiger partial charge in [0.2, 0.25) is 5.91 Å². The molecule has 1 aromatic heterocycles. The van der Waals surface area contributed by atoms with Crippen LogP contribution in [-0.4, -0.2) is 47.4 Å².